The predicted molar refractivity (Wildman–Crippen MR) is 91.0 cm³/mol. The molecule has 0 spiro atoms. The molecule has 6 nitrogen and oxygen atoms in total. The summed E-state index contributed by atoms with van der Waals surface area (Å²) in [6, 6.07) is 0.0836. The second kappa shape index (κ2) is 6.36. The second-order valence-corrected chi connectivity index (χ2v) is 7.13. The number of nitrogens with zero attached hydrogens (tertiary/aromatic N) is 2. The van der Waals surface area contributed by atoms with Gasteiger partial charge in [0.15, 0.2) is 0 Å². The van der Waals surface area contributed by atoms with E-state index in [1.165, 1.54) is 5.57 Å². The molecule has 0 aromatic carbocycles. The molecule has 0 amide bonds. The van der Waals surface area contributed by atoms with Gasteiger partial charge in [-0.1, -0.05) is 12.2 Å². The molecule has 128 valence electrons. The Kier molecular flexibility index (Phi) is 4.60. The van der Waals surface area contributed by atoms with Crippen molar-refractivity contribution in [3.8, 4) is 0 Å². The van der Waals surface area contributed by atoms with Crippen LogP contribution in [0.4, 0.5) is 0 Å². The van der Waals surface area contributed by atoms with Crippen LogP contribution < -0.4 is 11.1 Å². The van der Waals surface area contributed by atoms with Gasteiger partial charge in [-0.05, 0) is 39.2 Å². The molecule has 1 fully saturated rings. The Morgan fingerprint density at radius 2 is 2.30 bits per heavy atom. The third kappa shape index (κ3) is 3.35. The van der Waals surface area contributed by atoms with Gasteiger partial charge < -0.3 is 15.6 Å². The molecule has 6 heteroatoms. The summed E-state index contributed by atoms with van der Waals surface area (Å²) >= 11 is 0. The molecule has 0 aromatic heterocycles. The monoisotopic (exact) mass is 320 g/mol. The normalized spacial score (nSPS) is 31.1. The summed E-state index contributed by atoms with van der Waals surface area (Å²) in [5, 5.41) is 13.9. The van der Waals surface area contributed by atoms with Crippen molar-refractivity contribution >= 4 is 5.84 Å². The Bertz CT molecular complexity index is 547. The van der Waals surface area contributed by atoms with E-state index in [1.807, 2.05) is 20.8 Å². The number of fused-ring (bicyclic) bond motifs is 2. The van der Waals surface area contributed by atoms with Gasteiger partial charge in [-0.25, -0.2) is 4.99 Å². The molecule has 3 aliphatic rings. The number of rotatable bonds is 5. The number of hydrogen-bond donors (Lipinski definition) is 3. The third-order valence-electron chi connectivity index (χ3n) is 4.57. The third-order valence-corrected chi connectivity index (χ3v) is 4.57. The van der Waals surface area contributed by atoms with E-state index >= 15 is 0 Å². The average molecular weight is 320 g/mol. The van der Waals surface area contributed by atoms with Crippen LogP contribution >= 0.6 is 0 Å². The lowest BCUT2D eigenvalue weighted by Gasteiger charge is -2.37. The Balaban J connectivity index is 1.93. The summed E-state index contributed by atoms with van der Waals surface area (Å²) in [6.45, 7) is 7.45. The van der Waals surface area contributed by atoms with Crippen molar-refractivity contribution in [3.05, 3.63) is 23.4 Å². The maximum Gasteiger partial charge on any atom is 0.118 e. The summed E-state index contributed by atoms with van der Waals surface area (Å²) in [7, 11) is 0. The van der Waals surface area contributed by atoms with E-state index in [0.717, 1.165) is 18.5 Å². The number of hydrogen-bond acceptors (Lipinski definition) is 6. The number of ether oxygens (including phenoxy) is 1. The average Bonchev–Trinajstić information content (AvgIpc) is 2.83. The Morgan fingerprint density at radius 3 is 3.00 bits per heavy atom. The van der Waals surface area contributed by atoms with Crippen molar-refractivity contribution in [3.63, 3.8) is 0 Å². The van der Waals surface area contributed by atoms with Crippen LogP contribution in [0.3, 0.4) is 0 Å². The van der Waals surface area contributed by atoms with Crippen molar-refractivity contribution in [2.75, 3.05) is 19.8 Å². The lowest BCUT2D eigenvalue weighted by molar-refractivity contribution is 0.000687. The topological polar surface area (TPSA) is 83.1 Å². The standard InChI is InChI=1S/C17H28N4O2/c1-4-23-9-13-20-14-15(21(13)10-17(2,3)22)11-7-5-6-8-12(11)19-16(14)18/h5,7,13-15,20,22H,4,6,8-10H2,1-3H3,(H2,18,19). The van der Waals surface area contributed by atoms with E-state index in [4.69, 9.17) is 10.5 Å². The Labute approximate surface area is 138 Å². The quantitative estimate of drug-likeness (QED) is 0.696. The van der Waals surface area contributed by atoms with Crippen LogP contribution in [0.15, 0.2) is 28.4 Å². The first-order chi connectivity index (χ1) is 10.9. The van der Waals surface area contributed by atoms with E-state index in [9.17, 15) is 5.11 Å². The maximum absolute atomic E-state index is 10.4. The van der Waals surface area contributed by atoms with Gasteiger partial charge in [0, 0.05) is 18.8 Å². The van der Waals surface area contributed by atoms with Gasteiger partial charge in [-0.3, -0.25) is 10.2 Å². The van der Waals surface area contributed by atoms with Gasteiger partial charge in [-0.2, -0.15) is 0 Å². The molecule has 3 unspecified atom stereocenters. The van der Waals surface area contributed by atoms with Crippen LogP contribution in [0.25, 0.3) is 0 Å². The van der Waals surface area contributed by atoms with Gasteiger partial charge in [0.25, 0.3) is 0 Å². The van der Waals surface area contributed by atoms with Gasteiger partial charge in [0.05, 0.1) is 30.5 Å². The molecule has 0 radical (unpaired) electrons. The highest BCUT2D eigenvalue weighted by Gasteiger charge is 2.47. The molecule has 3 atom stereocenters. The van der Waals surface area contributed by atoms with Crippen molar-refractivity contribution in [2.24, 2.45) is 10.7 Å². The molecule has 4 N–H and O–H groups in total. The fraction of sp³-hybridized carbons (Fsp3) is 0.706. The predicted octanol–water partition coefficient (Wildman–Crippen LogP) is 0.737. The number of aliphatic imine (C=N–C) groups is 1. The Morgan fingerprint density at radius 1 is 1.52 bits per heavy atom. The summed E-state index contributed by atoms with van der Waals surface area (Å²) in [4.78, 5) is 6.91. The van der Waals surface area contributed by atoms with Crippen molar-refractivity contribution < 1.29 is 9.84 Å². The van der Waals surface area contributed by atoms with Crippen LogP contribution in [-0.4, -0.2) is 59.5 Å². The number of nitrogens with one attached hydrogen (secondary N) is 1. The number of aliphatic hydroxyl groups is 1. The molecule has 0 bridgehead atoms. The first-order valence-electron chi connectivity index (χ1n) is 8.46. The second-order valence-electron chi connectivity index (χ2n) is 7.13. The van der Waals surface area contributed by atoms with E-state index in [1.54, 1.807) is 0 Å². The fourth-order valence-corrected chi connectivity index (χ4v) is 3.70. The zero-order valence-corrected chi connectivity index (χ0v) is 14.2. The van der Waals surface area contributed by atoms with Crippen LogP contribution in [0, 0.1) is 0 Å². The van der Waals surface area contributed by atoms with Crippen LogP contribution in [-0.2, 0) is 4.74 Å². The molecule has 1 saturated heterocycles. The fourth-order valence-electron chi connectivity index (χ4n) is 3.70. The minimum Gasteiger partial charge on any atom is -0.389 e. The minimum atomic E-state index is -0.788. The van der Waals surface area contributed by atoms with Crippen LogP contribution in [0.5, 0.6) is 0 Å². The molecular weight excluding hydrogens is 292 g/mol. The first-order valence-corrected chi connectivity index (χ1v) is 8.46. The molecule has 2 heterocycles. The first kappa shape index (κ1) is 16.6. The zero-order chi connectivity index (χ0) is 16.6. The van der Waals surface area contributed by atoms with Gasteiger partial charge in [0.1, 0.15) is 5.84 Å². The summed E-state index contributed by atoms with van der Waals surface area (Å²) in [6.07, 6.45) is 6.34. The van der Waals surface area contributed by atoms with Crippen molar-refractivity contribution in [2.45, 2.75) is 57.5 Å². The van der Waals surface area contributed by atoms with Gasteiger partial charge in [-0.15, -0.1) is 0 Å². The molecule has 23 heavy (non-hydrogen) atoms. The van der Waals surface area contributed by atoms with E-state index in [0.29, 0.717) is 25.6 Å². The lowest BCUT2D eigenvalue weighted by atomic mass is 9.89. The summed E-state index contributed by atoms with van der Waals surface area (Å²) < 4.78 is 5.64. The maximum atomic E-state index is 10.4. The number of allylic oxidation sites excluding steroid dienone is 2. The van der Waals surface area contributed by atoms with Crippen molar-refractivity contribution in [1.29, 1.82) is 0 Å². The molecule has 2 aliphatic heterocycles. The largest absolute Gasteiger partial charge is 0.389 e. The number of amidine groups is 1. The highest BCUT2D eigenvalue weighted by molar-refractivity contribution is 5.90. The molecular formula is C17H28N4O2. The summed E-state index contributed by atoms with van der Waals surface area (Å²) in [5.41, 5.74) is 7.77. The van der Waals surface area contributed by atoms with Crippen LogP contribution in [0.2, 0.25) is 0 Å². The highest BCUT2D eigenvalue weighted by Crippen LogP contribution is 2.35. The number of nitrogens with two attached hydrogens (primary N) is 1. The van der Waals surface area contributed by atoms with E-state index in [2.05, 4.69) is 27.4 Å². The number of β-amino-alcohol motifs (C(OH)–C–C–N with tert-alkyl or cyclic N) is 1. The molecule has 3 rings (SSSR count). The van der Waals surface area contributed by atoms with Crippen molar-refractivity contribution in [1.82, 2.24) is 10.2 Å². The lowest BCUT2D eigenvalue weighted by Crippen LogP contribution is -2.51. The highest BCUT2D eigenvalue weighted by atomic mass is 16.5. The van der Waals surface area contributed by atoms with E-state index < -0.39 is 5.60 Å². The molecule has 0 saturated carbocycles. The zero-order valence-electron chi connectivity index (χ0n) is 14.2. The summed E-state index contributed by atoms with van der Waals surface area (Å²) in [5.74, 6) is 0.642. The van der Waals surface area contributed by atoms with E-state index in [-0.39, 0.29) is 18.2 Å². The molecule has 1 aliphatic carbocycles. The SMILES string of the molecule is CCOCC1NC2C(N)=NC3=C(C=CCC3)C2N1CC(C)(C)O. The minimum absolute atomic E-state index is 0.0206. The van der Waals surface area contributed by atoms with Gasteiger partial charge >= 0.3 is 0 Å². The van der Waals surface area contributed by atoms with Crippen LogP contribution in [0.1, 0.15) is 33.6 Å². The Hall–Kier alpha value is -1.21. The smallest absolute Gasteiger partial charge is 0.118 e. The van der Waals surface area contributed by atoms with Gasteiger partial charge in [0.2, 0.25) is 0 Å². The molecule has 0 aromatic rings.